The lowest BCUT2D eigenvalue weighted by Crippen LogP contribution is -2.08. The second-order valence-electron chi connectivity index (χ2n) is 0.984. The average molecular weight is 124 g/mol. The second-order valence-corrected chi connectivity index (χ2v) is 2.48. The first-order chi connectivity index (χ1) is 3.06. The van der Waals surface area contributed by atoms with Gasteiger partial charge in [-0.25, -0.2) is 0 Å². The van der Waals surface area contributed by atoms with Crippen LogP contribution in [0.15, 0.2) is 0 Å². The van der Waals surface area contributed by atoms with Crippen molar-refractivity contribution >= 4 is 10.1 Å². The molecule has 0 heterocycles. The molecule has 0 aromatic carbocycles. The Balaban J connectivity index is 3.60. The van der Waals surface area contributed by atoms with Crippen LogP contribution in [0, 0.1) is 6.54 Å². The van der Waals surface area contributed by atoms with Crippen LogP contribution in [0.5, 0.6) is 0 Å². The molecule has 1 radical (unpaired) electrons. The largest absolute Gasteiger partial charge is 0.325 e. The van der Waals surface area contributed by atoms with E-state index in [1.807, 2.05) is 0 Å². The summed E-state index contributed by atoms with van der Waals surface area (Å²) in [7, 11) is -3.85. The van der Waals surface area contributed by atoms with E-state index < -0.39 is 15.9 Å². The molecule has 43 valence electrons. The minimum atomic E-state index is -3.85. The van der Waals surface area contributed by atoms with Crippen molar-refractivity contribution < 1.29 is 13.0 Å². The molecule has 3 N–H and O–H groups in total. The Kier molecular flexibility index (Phi) is 2.21. The summed E-state index contributed by atoms with van der Waals surface area (Å²) in [6.45, 7) is 0.870. The van der Waals surface area contributed by atoms with Crippen LogP contribution >= 0.6 is 0 Å². The molecule has 4 nitrogen and oxygen atoms in total. The van der Waals surface area contributed by atoms with E-state index >= 15 is 0 Å². The molecule has 0 aliphatic heterocycles. The van der Waals surface area contributed by atoms with Crippen LogP contribution < -0.4 is 5.73 Å². The van der Waals surface area contributed by atoms with Gasteiger partial charge in [0.15, 0.2) is 0 Å². The van der Waals surface area contributed by atoms with Gasteiger partial charge in [0, 0.05) is 6.54 Å². The molecule has 5 heteroatoms. The van der Waals surface area contributed by atoms with Crippen molar-refractivity contribution in [2.75, 3.05) is 5.75 Å². The maximum atomic E-state index is 9.68. The zero-order chi connectivity index (χ0) is 5.91. The smallest absolute Gasteiger partial charge is 0.266 e. The summed E-state index contributed by atoms with van der Waals surface area (Å²) in [6, 6.07) is 0. The third kappa shape index (κ3) is 5.87. The maximum Gasteiger partial charge on any atom is 0.266 e. The molecule has 7 heavy (non-hydrogen) atoms. The van der Waals surface area contributed by atoms with Crippen molar-refractivity contribution in [3.8, 4) is 0 Å². The minimum Gasteiger partial charge on any atom is -0.325 e. The van der Waals surface area contributed by atoms with E-state index in [4.69, 9.17) is 4.55 Å². The van der Waals surface area contributed by atoms with E-state index in [0.29, 0.717) is 0 Å². The molecule has 0 atom stereocenters. The van der Waals surface area contributed by atoms with Gasteiger partial charge in [0.25, 0.3) is 10.1 Å². The molecule has 0 saturated carbocycles. The van der Waals surface area contributed by atoms with E-state index in [1.165, 1.54) is 0 Å². The lowest BCUT2D eigenvalue weighted by atomic mass is 10.8. The molecule has 0 aliphatic rings. The summed E-state index contributed by atoms with van der Waals surface area (Å²) >= 11 is 0. The first kappa shape index (κ1) is 6.87. The van der Waals surface area contributed by atoms with Crippen molar-refractivity contribution in [3.63, 3.8) is 0 Å². The Hall–Kier alpha value is -0.130. The van der Waals surface area contributed by atoms with E-state index in [9.17, 15) is 8.42 Å². The van der Waals surface area contributed by atoms with Crippen LogP contribution in [-0.4, -0.2) is 18.7 Å². The topological polar surface area (TPSA) is 80.4 Å². The Morgan fingerprint density at radius 3 is 2.14 bits per heavy atom. The summed E-state index contributed by atoms with van der Waals surface area (Å²) in [4.78, 5) is 0. The van der Waals surface area contributed by atoms with Crippen molar-refractivity contribution in [2.45, 2.75) is 0 Å². The lowest BCUT2D eigenvalue weighted by molar-refractivity contribution is 0.485. The van der Waals surface area contributed by atoms with E-state index in [2.05, 4.69) is 5.73 Å². The summed E-state index contributed by atoms with van der Waals surface area (Å²) in [5.41, 5.74) is 4.65. The quantitative estimate of drug-likeness (QED) is 0.462. The third-order valence-corrected chi connectivity index (χ3v) is 0.921. The summed E-state index contributed by atoms with van der Waals surface area (Å²) in [5, 5.41) is 0. The van der Waals surface area contributed by atoms with Crippen LogP contribution in [-0.2, 0) is 10.1 Å². The van der Waals surface area contributed by atoms with Crippen LogP contribution in [0.2, 0.25) is 0 Å². The highest BCUT2D eigenvalue weighted by molar-refractivity contribution is 7.85. The van der Waals surface area contributed by atoms with Crippen molar-refractivity contribution in [3.05, 3.63) is 6.54 Å². The second kappa shape index (κ2) is 2.25. The number of nitrogens with two attached hydrogens (primary N) is 1. The van der Waals surface area contributed by atoms with Gasteiger partial charge in [0.05, 0.1) is 5.75 Å². The van der Waals surface area contributed by atoms with Gasteiger partial charge in [-0.3, -0.25) is 4.55 Å². The molecule has 0 spiro atoms. The monoisotopic (exact) mass is 124 g/mol. The summed E-state index contributed by atoms with van der Waals surface area (Å²) in [6.07, 6.45) is 0. The molecule has 0 unspecified atom stereocenters. The number of rotatable bonds is 2. The Morgan fingerprint density at radius 1 is 1.71 bits per heavy atom. The van der Waals surface area contributed by atoms with Gasteiger partial charge in [-0.15, -0.1) is 0 Å². The predicted molar refractivity (Wildman–Crippen MR) is 24.9 cm³/mol. The molecule has 0 fully saturated rings. The van der Waals surface area contributed by atoms with Crippen LogP contribution in [0.4, 0.5) is 0 Å². The first-order valence-corrected chi connectivity index (χ1v) is 3.16. The van der Waals surface area contributed by atoms with Gasteiger partial charge in [0.1, 0.15) is 0 Å². The van der Waals surface area contributed by atoms with Gasteiger partial charge in [0.2, 0.25) is 0 Å². The zero-order valence-corrected chi connectivity index (χ0v) is 4.35. The molecule has 0 bridgehead atoms. The molecule has 0 amide bonds. The highest BCUT2D eigenvalue weighted by atomic mass is 32.2. The van der Waals surface area contributed by atoms with Gasteiger partial charge < -0.3 is 5.73 Å². The van der Waals surface area contributed by atoms with Gasteiger partial charge in [-0.1, -0.05) is 0 Å². The Labute approximate surface area is 42.1 Å². The SMILES string of the molecule is N[CH]CS(=O)(=O)O. The minimum absolute atomic E-state index is 0.479. The summed E-state index contributed by atoms with van der Waals surface area (Å²) < 4.78 is 27.2. The van der Waals surface area contributed by atoms with Gasteiger partial charge in [-0.2, -0.15) is 8.42 Å². The molecule has 0 saturated heterocycles. The van der Waals surface area contributed by atoms with Crippen LogP contribution in [0.3, 0.4) is 0 Å². The third-order valence-electron chi connectivity index (χ3n) is 0.307. The molecule has 0 aliphatic carbocycles. The molecule has 0 rings (SSSR count). The number of hydrogen-bond donors (Lipinski definition) is 2. The highest BCUT2D eigenvalue weighted by Gasteiger charge is 1.98. The number of hydrogen-bond acceptors (Lipinski definition) is 3. The fraction of sp³-hybridized carbons (Fsp3) is 0.500. The van der Waals surface area contributed by atoms with Gasteiger partial charge >= 0.3 is 0 Å². The maximum absolute atomic E-state index is 9.68. The Morgan fingerprint density at radius 2 is 2.14 bits per heavy atom. The van der Waals surface area contributed by atoms with E-state index in [-0.39, 0.29) is 0 Å². The van der Waals surface area contributed by atoms with E-state index in [1.54, 1.807) is 0 Å². The van der Waals surface area contributed by atoms with Crippen molar-refractivity contribution in [1.29, 1.82) is 0 Å². The Bertz CT molecular complexity index is 126. The molecular formula is C2H6NO3S. The molecule has 0 aromatic heterocycles. The fourth-order valence-corrected chi connectivity index (χ4v) is 0.365. The van der Waals surface area contributed by atoms with Crippen molar-refractivity contribution in [1.82, 2.24) is 0 Å². The lowest BCUT2D eigenvalue weighted by Gasteiger charge is -1.85. The summed E-state index contributed by atoms with van der Waals surface area (Å²) in [5.74, 6) is -0.479. The van der Waals surface area contributed by atoms with Crippen molar-refractivity contribution in [2.24, 2.45) is 5.73 Å². The van der Waals surface area contributed by atoms with Gasteiger partial charge in [-0.05, 0) is 0 Å². The molecule has 0 aromatic rings. The first-order valence-electron chi connectivity index (χ1n) is 1.55. The van der Waals surface area contributed by atoms with E-state index in [0.717, 1.165) is 6.54 Å². The standard InChI is InChI=1S/C2H6NO3S/c3-1-2-7(4,5)6/h1H,2-3H2,(H,4,5,6). The zero-order valence-electron chi connectivity index (χ0n) is 3.53. The average Bonchev–Trinajstić information content (AvgIpc) is 1.30. The highest BCUT2D eigenvalue weighted by Crippen LogP contribution is 1.78. The van der Waals surface area contributed by atoms with Crippen LogP contribution in [0.25, 0.3) is 0 Å². The van der Waals surface area contributed by atoms with Crippen LogP contribution in [0.1, 0.15) is 0 Å². The predicted octanol–water partition coefficient (Wildman–Crippen LogP) is -1.01. The fourth-order valence-electron chi connectivity index (χ4n) is 0.122. The molecular weight excluding hydrogens is 118 g/mol. The normalized spacial score (nSPS) is 11.7.